The van der Waals surface area contributed by atoms with Crippen molar-refractivity contribution in [2.24, 2.45) is 0 Å². The summed E-state index contributed by atoms with van der Waals surface area (Å²) in [5.41, 5.74) is 6.99. The van der Waals surface area contributed by atoms with Crippen molar-refractivity contribution in [3.63, 3.8) is 0 Å². The predicted octanol–water partition coefficient (Wildman–Crippen LogP) is 8.92. The van der Waals surface area contributed by atoms with E-state index in [-0.39, 0.29) is 26.5 Å². The molecule has 1 unspecified atom stereocenters. The summed E-state index contributed by atoms with van der Waals surface area (Å²) in [5, 5.41) is 14.5. The standard InChI is InChI=1S/C36H32Cl2FN3O2S/c1-2-4-30(31-15-16-40-21-31)22-41-20-26-5-3-6-27(17-26)24-42(45(44)35-19-32(37)18-34(38)36(35)43)23-25-7-9-28(10-8-25)29-11-13-33(39)14-12-29/h2-19,21,40-41,43H,1,20,22-24H2/b30-4-. The average Bonchev–Trinajstić information content (AvgIpc) is 3.58. The van der Waals surface area contributed by atoms with Gasteiger partial charge in [-0.25, -0.2) is 12.9 Å². The van der Waals surface area contributed by atoms with Gasteiger partial charge in [-0.1, -0.05) is 103 Å². The molecule has 4 aromatic carbocycles. The van der Waals surface area contributed by atoms with E-state index >= 15 is 0 Å². The van der Waals surface area contributed by atoms with Crippen LogP contribution >= 0.6 is 23.2 Å². The lowest BCUT2D eigenvalue weighted by atomic mass is 10.0. The summed E-state index contributed by atoms with van der Waals surface area (Å²) in [6.07, 6.45) is 7.61. The van der Waals surface area contributed by atoms with Gasteiger partial charge in [-0.3, -0.25) is 0 Å². The van der Waals surface area contributed by atoms with Crippen molar-refractivity contribution < 1.29 is 13.7 Å². The molecule has 1 aromatic heterocycles. The van der Waals surface area contributed by atoms with Crippen molar-refractivity contribution in [1.82, 2.24) is 14.6 Å². The van der Waals surface area contributed by atoms with E-state index in [2.05, 4.69) is 22.9 Å². The fraction of sp³-hybridized carbons (Fsp3) is 0.111. The Bertz CT molecular complexity index is 1810. The van der Waals surface area contributed by atoms with Crippen LogP contribution in [0.4, 0.5) is 4.39 Å². The lowest BCUT2D eigenvalue weighted by Gasteiger charge is -2.23. The molecular formula is C36H32Cl2FN3O2S. The minimum Gasteiger partial charge on any atom is -0.505 e. The molecule has 5 nitrogen and oxygen atoms in total. The van der Waals surface area contributed by atoms with Crippen molar-refractivity contribution in [1.29, 1.82) is 0 Å². The minimum atomic E-state index is -1.80. The highest BCUT2D eigenvalue weighted by atomic mass is 35.5. The number of aromatic hydroxyl groups is 1. The first-order valence-electron chi connectivity index (χ1n) is 14.2. The van der Waals surface area contributed by atoms with Crippen LogP contribution in [-0.2, 0) is 30.6 Å². The van der Waals surface area contributed by atoms with Crippen LogP contribution in [0.15, 0.2) is 127 Å². The van der Waals surface area contributed by atoms with Crippen LogP contribution in [0, 0.1) is 5.82 Å². The van der Waals surface area contributed by atoms with Gasteiger partial charge in [-0.15, -0.1) is 0 Å². The second-order valence-electron chi connectivity index (χ2n) is 10.4. The topological polar surface area (TPSA) is 68.4 Å². The summed E-state index contributed by atoms with van der Waals surface area (Å²) < 4.78 is 29.2. The zero-order valence-electron chi connectivity index (χ0n) is 24.4. The van der Waals surface area contributed by atoms with Gasteiger partial charge in [-0.05, 0) is 69.3 Å². The molecule has 0 radical (unpaired) electrons. The van der Waals surface area contributed by atoms with Crippen molar-refractivity contribution in [3.8, 4) is 16.9 Å². The third-order valence-corrected chi connectivity index (χ3v) is 9.11. The quantitative estimate of drug-likeness (QED) is 0.111. The molecule has 0 aliphatic carbocycles. The van der Waals surface area contributed by atoms with Crippen molar-refractivity contribution >= 4 is 39.8 Å². The van der Waals surface area contributed by atoms with Crippen LogP contribution in [0.3, 0.4) is 0 Å². The van der Waals surface area contributed by atoms with Crippen LogP contribution < -0.4 is 5.32 Å². The van der Waals surface area contributed by atoms with Gasteiger partial charge in [0.15, 0.2) is 5.75 Å². The molecule has 5 rings (SSSR count). The monoisotopic (exact) mass is 659 g/mol. The molecule has 0 fully saturated rings. The normalized spacial score (nSPS) is 12.4. The van der Waals surface area contributed by atoms with Crippen LogP contribution in [0.25, 0.3) is 16.7 Å². The molecule has 1 atom stereocenters. The van der Waals surface area contributed by atoms with Gasteiger partial charge in [0.1, 0.15) is 16.8 Å². The summed E-state index contributed by atoms with van der Waals surface area (Å²) >= 11 is 12.4. The Balaban J connectivity index is 1.35. The van der Waals surface area contributed by atoms with E-state index < -0.39 is 11.0 Å². The van der Waals surface area contributed by atoms with E-state index in [9.17, 15) is 13.7 Å². The Labute approximate surface area is 275 Å². The van der Waals surface area contributed by atoms with E-state index in [1.807, 2.05) is 67.0 Å². The summed E-state index contributed by atoms with van der Waals surface area (Å²) in [6.45, 7) is 5.76. The zero-order chi connectivity index (χ0) is 31.8. The SMILES string of the molecule is C=C/C=C(/CNCc1cccc(CN(Cc2ccc(-c3ccc(F)cc3)cc2)S(=O)c2cc(Cl)cc(Cl)c2O)c1)c1cc[nH]c1. The number of allylic oxidation sites excluding steroid dienone is 2. The van der Waals surface area contributed by atoms with Crippen LogP contribution in [0.1, 0.15) is 22.3 Å². The number of rotatable bonds is 13. The van der Waals surface area contributed by atoms with Crippen LogP contribution in [-0.4, -0.2) is 25.1 Å². The fourth-order valence-corrected chi connectivity index (χ4v) is 6.87. The van der Waals surface area contributed by atoms with Gasteiger partial charge in [0, 0.05) is 43.6 Å². The van der Waals surface area contributed by atoms with Crippen molar-refractivity contribution in [3.05, 3.63) is 160 Å². The van der Waals surface area contributed by atoms with Gasteiger partial charge >= 0.3 is 0 Å². The van der Waals surface area contributed by atoms with E-state index in [0.29, 0.717) is 26.2 Å². The Hall–Kier alpha value is -3.98. The minimum absolute atomic E-state index is 0.0343. The molecule has 5 aromatic rings. The molecule has 0 aliphatic rings. The van der Waals surface area contributed by atoms with Gasteiger partial charge in [0.05, 0.1) is 9.92 Å². The first kappa shape index (κ1) is 32.4. The maximum atomic E-state index is 14.0. The number of hydrogen-bond donors (Lipinski definition) is 3. The number of H-pyrrole nitrogens is 1. The predicted molar refractivity (Wildman–Crippen MR) is 183 cm³/mol. The molecule has 230 valence electrons. The van der Waals surface area contributed by atoms with Gasteiger partial charge in [0.25, 0.3) is 0 Å². The summed E-state index contributed by atoms with van der Waals surface area (Å²) in [4.78, 5) is 3.23. The van der Waals surface area contributed by atoms with E-state index in [1.54, 1.807) is 22.5 Å². The molecule has 0 amide bonds. The lowest BCUT2D eigenvalue weighted by molar-refractivity contribution is 0.425. The third kappa shape index (κ3) is 8.60. The molecule has 1 heterocycles. The summed E-state index contributed by atoms with van der Waals surface area (Å²) in [5.74, 6) is -0.552. The number of halogens is 3. The fourth-order valence-electron chi connectivity index (χ4n) is 4.94. The number of phenolic OH excluding ortho intramolecular Hbond substituents is 1. The molecule has 0 saturated carbocycles. The number of phenols is 1. The Kier molecular flexibility index (Phi) is 11.1. The zero-order valence-corrected chi connectivity index (χ0v) is 26.7. The molecular weight excluding hydrogens is 628 g/mol. The summed E-state index contributed by atoms with van der Waals surface area (Å²) in [6, 6.07) is 27.1. The molecule has 45 heavy (non-hydrogen) atoms. The highest BCUT2D eigenvalue weighted by molar-refractivity contribution is 7.82. The Morgan fingerprint density at radius 1 is 0.933 bits per heavy atom. The highest BCUT2D eigenvalue weighted by Gasteiger charge is 2.22. The lowest BCUT2D eigenvalue weighted by Crippen LogP contribution is -2.25. The van der Waals surface area contributed by atoms with E-state index in [4.69, 9.17) is 23.2 Å². The second kappa shape index (κ2) is 15.3. The first-order chi connectivity index (χ1) is 21.8. The smallest absolute Gasteiger partial charge is 0.151 e. The van der Waals surface area contributed by atoms with Gasteiger partial charge < -0.3 is 15.4 Å². The Morgan fingerprint density at radius 2 is 1.62 bits per heavy atom. The largest absolute Gasteiger partial charge is 0.505 e. The molecule has 0 bridgehead atoms. The number of benzene rings is 4. The van der Waals surface area contributed by atoms with E-state index in [1.165, 1.54) is 24.3 Å². The number of nitrogens with one attached hydrogen (secondary N) is 2. The molecule has 0 aliphatic heterocycles. The van der Waals surface area contributed by atoms with Gasteiger partial charge in [-0.2, -0.15) is 0 Å². The molecule has 0 saturated heterocycles. The number of hydrogen-bond acceptors (Lipinski definition) is 3. The van der Waals surface area contributed by atoms with Crippen LogP contribution in [0.5, 0.6) is 5.75 Å². The number of aromatic amines is 1. The maximum absolute atomic E-state index is 14.0. The summed E-state index contributed by atoms with van der Waals surface area (Å²) in [7, 11) is -1.80. The molecule has 0 spiro atoms. The van der Waals surface area contributed by atoms with Crippen molar-refractivity contribution in [2.45, 2.75) is 24.5 Å². The highest BCUT2D eigenvalue weighted by Crippen LogP contribution is 2.35. The molecule has 3 N–H and O–H groups in total. The first-order valence-corrected chi connectivity index (χ1v) is 16.1. The third-order valence-electron chi connectivity index (χ3n) is 7.19. The second-order valence-corrected chi connectivity index (χ2v) is 12.7. The average molecular weight is 661 g/mol. The molecule has 9 heteroatoms. The Morgan fingerprint density at radius 3 is 2.31 bits per heavy atom. The van der Waals surface area contributed by atoms with E-state index in [0.717, 1.165) is 39.0 Å². The number of aromatic nitrogens is 1. The number of nitrogens with zero attached hydrogens (tertiary/aromatic N) is 1. The van der Waals surface area contributed by atoms with Crippen LogP contribution in [0.2, 0.25) is 10.0 Å². The maximum Gasteiger partial charge on any atom is 0.151 e. The van der Waals surface area contributed by atoms with Gasteiger partial charge in [0.2, 0.25) is 0 Å². The van der Waals surface area contributed by atoms with Crippen molar-refractivity contribution in [2.75, 3.05) is 6.54 Å².